The standard InChI is InChI=1S/C7H10N6/c1-2-9-6-5(8-1)3-11-13-4-10-12-7(6)13/h4-5,8,11H,1-3H2. The molecule has 0 bridgehead atoms. The van der Waals surface area contributed by atoms with Gasteiger partial charge in [-0.05, 0) is 0 Å². The molecule has 0 fully saturated rings. The van der Waals surface area contributed by atoms with Crippen LogP contribution in [0.4, 0.5) is 0 Å². The fourth-order valence-electron chi connectivity index (χ4n) is 1.73. The summed E-state index contributed by atoms with van der Waals surface area (Å²) in [6, 6.07) is 0.297. The molecule has 0 radical (unpaired) electrons. The van der Waals surface area contributed by atoms with Crippen molar-refractivity contribution in [1.29, 1.82) is 0 Å². The van der Waals surface area contributed by atoms with Crippen LogP contribution in [-0.2, 0) is 0 Å². The van der Waals surface area contributed by atoms with Crippen LogP contribution < -0.4 is 10.7 Å². The number of aromatic nitrogens is 3. The fraction of sp³-hybridized carbons (Fsp3) is 0.571. The molecule has 2 N–H and O–H groups in total. The van der Waals surface area contributed by atoms with Crippen LogP contribution in [0.15, 0.2) is 11.3 Å². The van der Waals surface area contributed by atoms with Crippen molar-refractivity contribution < 1.29 is 0 Å². The van der Waals surface area contributed by atoms with Crippen LogP contribution >= 0.6 is 0 Å². The minimum atomic E-state index is 0.297. The number of nitrogens with zero attached hydrogens (tertiary/aromatic N) is 4. The second-order valence-electron chi connectivity index (χ2n) is 3.16. The van der Waals surface area contributed by atoms with Crippen molar-refractivity contribution in [3.05, 3.63) is 12.2 Å². The van der Waals surface area contributed by atoms with E-state index in [9.17, 15) is 0 Å². The van der Waals surface area contributed by atoms with Crippen molar-refractivity contribution >= 4 is 5.71 Å². The van der Waals surface area contributed by atoms with Gasteiger partial charge in [-0.15, -0.1) is 10.2 Å². The average Bonchev–Trinajstić information content (AvgIpc) is 2.65. The molecule has 0 spiro atoms. The number of fused-ring (bicyclic) bond motifs is 3. The van der Waals surface area contributed by atoms with Crippen molar-refractivity contribution in [1.82, 2.24) is 20.2 Å². The van der Waals surface area contributed by atoms with Gasteiger partial charge in [0.05, 0.1) is 19.1 Å². The summed E-state index contributed by atoms with van der Waals surface area (Å²) in [4.78, 5) is 4.46. The Hall–Kier alpha value is -1.43. The van der Waals surface area contributed by atoms with Crippen LogP contribution in [-0.4, -0.2) is 46.3 Å². The summed E-state index contributed by atoms with van der Waals surface area (Å²) in [7, 11) is 0. The number of nitrogens with one attached hydrogen (secondary N) is 2. The van der Waals surface area contributed by atoms with Crippen molar-refractivity contribution in [3.63, 3.8) is 0 Å². The van der Waals surface area contributed by atoms with Crippen molar-refractivity contribution in [2.45, 2.75) is 6.04 Å². The van der Waals surface area contributed by atoms with Crippen LogP contribution in [0, 0.1) is 0 Å². The average molecular weight is 178 g/mol. The summed E-state index contributed by atoms with van der Waals surface area (Å²) in [5.41, 5.74) is 4.22. The van der Waals surface area contributed by atoms with Crippen LogP contribution in [0.3, 0.4) is 0 Å². The Morgan fingerprint density at radius 1 is 1.54 bits per heavy atom. The molecule has 0 saturated carbocycles. The summed E-state index contributed by atoms with van der Waals surface area (Å²) in [6.07, 6.45) is 1.67. The zero-order chi connectivity index (χ0) is 8.67. The fourth-order valence-corrected chi connectivity index (χ4v) is 1.73. The van der Waals surface area contributed by atoms with Gasteiger partial charge in [0.15, 0.2) is 5.82 Å². The molecule has 1 aromatic heterocycles. The molecule has 6 nitrogen and oxygen atoms in total. The van der Waals surface area contributed by atoms with Gasteiger partial charge in [0.25, 0.3) is 0 Å². The second-order valence-corrected chi connectivity index (χ2v) is 3.16. The summed E-state index contributed by atoms with van der Waals surface area (Å²) >= 11 is 0. The first-order valence-corrected chi connectivity index (χ1v) is 4.37. The van der Waals surface area contributed by atoms with Crippen LogP contribution in [0.5, 0.6) is 0 Å². The van der Waals surface area contributed by atoms with E-state index in [4.69, 9.17) is 0 Å². The van der Waals surface area contributed by atoms with Crippen molar-refractivity contribution in [2.75, 3.05) is 25.1 Å². The third-order valence-electron chi connectivity index (χ3n) is 2.36. The lowest BCUT2D eigenvalue weighted by molar-refractivity contribution is 0.573. The molecule has 1 aromatic rings. The largest absolute Gasteiger partial charge is 0.321 e. The minimum absolute atomic E-state index is 0.297. The Morgan fingerprint density at radius 3 is 3.54 bits per heavy atom. The molecule has 68 valence electrons. The first-order valence-electron chi connectivity index (χ1n) is 4.37. The first kappa shape index (κ1) is 7.02. The molecular weight excluding hydrogens is 168 g/mol. The molecule has 1 atom stereocenters. The van der Waals surface area contributed by atoms with E-state index in [-0.39, 0.29) is 0 Å². The molecule has 0 aliphatic carbocycles. The zero-order valence-electron chi connectivity index (χ0n) is 7.06. The van der Waals surface area contributed by atoms with E-state index < -0.39 is 0 Å². The highest BCUT2D eigenvalue weighted by Gasteiger charge is 2.28. The number of hydrogen-bond donors (Lipinski definition) is 2. The van der Waals surface area contributed by atoms with Gasteiger partial charge in [0.1, 0.15) is 12.0 Å². The molecule has 3 heterocycles. The van der Waals surface area contributed by atoms with Crippen LogP contribution in [0.1, 0.15) is 5.82 Å². The summed E-state index contributed by atoms with van der Waals surface area (Å²) < 4.78 is 1.82. The SMILES string of the molecule is c1nnc2n1NCC1NCCN=C21. The highest BCUT2D eigenvalue weighted by Crippen LogP contribution is 2.08. The van der Waals surface area contributed by atoms with E-state index in [1.165, 1.54) is 0 Å². The van der Waals surface area contributed by atoms with E-state index in [0.29, 0.717) is 6.04 Å². The molecular formula is C7H10N6. The minimum Gasteiger partial charge on any atom is -0.321 e. The molecule has 0 aromatic carbocycles. The zero-order valence-corrected chi connectivity index (χ0v) is 7.06. The van der Waals surface area contributed by atoms with E-state index in [0.717, 1.165) is 31.2 Å². The van der Waals surface area contributed by atoms with E-state index >= 15 is 0 Å². The van der Waals surface area contributed by atoms with E-state index in [2.05, 4.69) is 25.9 Å². The number of aliphatic imine (C=N–C) groups is 1. The molecule has 13 heavy (non-hydrogen) atoms. The highest BCUT2D eigenvalue weighted by molar-refractivity contribution is 6.03. The van der Waals surface area contributed by atoms with E-state index in [1.54, 1.807) is 6.33 Å². The normalized spacial score (nSPS) is 25.5. The maximum absolute atomic E-state index is 4.46. The van der Waals surface area contributed by atoms with Crippen molar-refractivity contribution in [3.8, 4) is 0 Å². The Kier molecular flexibility index (Phi) is 1.36. The van der Waals surface area contributed by atoms with Crippen LogP contribution in [0.25, 0.3) is 0 Å². The number of rotatable bonds is 0. The summed E-state index contributed by atoms with van der Waals surface area (Å²) in [5, 5.41) is 11.2. The Labute approximate surface area is 75.0 Å². The molecule has 2 aliphatic rings. The topological polar surface area (TPSA) is 67.1 Å². The molecule has 2 aliphatic heterocycles. The van der Waals surface area contributed by atoms with Crippen molar-refractivity contribution in [2.24, 2.45) is 4.99 Å². The Balaban J connectivity index is 2.10. The summed E-state index contributed by atoms with van der Waals surface area (Å²) in [6.45, 7) is 2.63. The van der Waals surface area contributed by atoms with Gasteiger partial charge in [0.2, 0.25) is 0 Å². The summed E-state index contributed by atoms with van der Waals surface area (Å²) in [5.74, 6) is 0.837. The van der Waals surface area contributed by atoms with Gasteiger partial charge in [-0.25, -0.2) is 4.68 Å². The van der Waals surface area contributed by atoms with Gasteiger partial charge >= 0.3 is 0 Å². The maximum atomic E-state index is 4.46. The Morgan fingerprint density at radius 2 is 2.54 bits per heavy atom. The Bertz CT molecular complexity index is 354. The molecule has 3 rings (SSSR count). The molecule has 6 heteroatoms. The van der Waals surface area contributed by atoms with Gasteiger partial charge in [-0.1, -0.05) is 0 Å². The molecule has 0 saturated heterocycles. The molecule has 0 amide bonds. The van der Waals surface area contributed by atoms with E-state index in [1.807, 2.05) is 4.68 Å². The molecule has 1 unspecified atom stereocenters. The third-order valence-corrected chi connectivity index (χ3v) is 2.36. The first-order chi connectivity index (χ1) is 6.45. The predicted molar refractivity (Wildman–Crippen MR) is 47.4 cm³/mol. The highest BCUT2D eigenvalue weighted by atomic mass is 15.5. The van der Waals surface area contributed by atoms with Crippen LogP contribution in [0.2, 0.25) is 0 Å². The van der Waals surface area contributed by atoms with Gasteiger partial charge in [-0.2, -0.15) is 0 Å². The second kappa shape index (κ2) is 2.53. The predicted octanol–water partition coefficient (Wildman–Crippen LogP) is -1.40. The quantitative estimate of drug-likeness (QED) is 0.512. The van der Waals surface area contributed by atoms with Gasteiger partial charge in [0, 0.05) is 6.54 Å². The smallest absolute Gasteiger partial charge is 0.198 e. The lowest BCUT2D eigenvalue weighted by atomic mass is 10.1. The van der Waals surface area contributed by atoms with Gasteiger partial charge < -0.3 is 10.7 Å². The lowest BCUT2D eigenvalue weighted by Gasteiger charge is -2.29. The number of hydrogen-bond acceptors (Lipinski definition) is 5. The van der Waals surface area contributed by atoms with Gasteiger partial charge in [-0.3, -0.25) is 4.99 Å². The maximum Gasteiger partial charge on any atom is 0.198 e. The lowest BCUT2D eigenvalue weighted by Crippen LogP contribution is -2.52. The third kappa shape index (κ3) is 0.951. The monoisotopic (exact) mass is 178 g/mol.